The molecule has 0 aromatic heterocycles. The molecular formula is C10H12ClF2N3O. The van der Waals surface area contributed by atoms with Crippen LogP contribution in [-0.4, -0.2) is 17.1 Å². The Morgan fingerprint density at radius 1 is 1.59 bits per heavy atom. The Kier molecular flexibility index (Phi) is 4.51. The van der Waals surface area contributed by atoms with E-state index in [0.717, 1.165) is 12.1 Å². The van der Waals surface area contributed by atoms with E-state index in [2.05, 4.69) is 10.5 Å². The van der Waals surface area contributed by atoms with Gasteiger partial charge in [-0.15, -0.1) is 0 Å². The first-order chi connectivity index (χ1) is 7.93. The zero-order valence-electron chi connectivity index (χ0n) is 9.04. The molecule has 0 aliphatic carbocycles. The lowest BCUT2D eigenvalue weighted by atomic mass is 10.2. The molecule has 0 spiro atoms. The van der Waals surface area contributed by atoms with Gasteiger partial charge in [-0.05, 0) is 13.0 Å². The van der Waals surface area contributed by atoms with Crippen LogP contribution < -0.4 is 11.1 Å². The lowest BCUT2D eigenvalue weighted by Crippen LogP contribution is -2.25. The largest absolute Gasteiger partial charge is 0.409 e. The molecule has 0 radical (unpaired) electrons. The van der Waals surface area contributed by atoms with E-state index in [1.807, 2.05) is 0 Å². The SMILES string of the molecule is CC(CC(N)=NO)Nc1c(F)cc(F)cc1Cl. The molecule has 0 aliphatic rings. The van der Waals surface area contributed by atoms with E-state index in [4.69, 9.17) is 22.5 Å². The van der Waals surface area contributed by atoms with E-state index in [-0.39, 0.29) is 29.0 Å². The van der Waals surface area contributed by atoms with Crippen molar-refractivity contribution >= 4 is 23.1 Å². The fourth-order valence-corrected chi connectivity index (χ4v) is 1.58. The van der Waals surface area contributed by atoms with Crippen LogP contribution in [0.25, 0.3) is 0 Å². The number of halogens is 3. The molecule has 0 saturated heterocycles. The minimum absolute atomic E-state index is 0.00337. The van der Waals surface area contributed by atoms with Gasteiger partial charge in [0, 0.05) is 18.5 Å². The van der Waals surface area contributed by atoms with Crippen molar-refractivity contribution in [3.05, 3.63) is 28.8 Å². The Bertz CT molecular complexity index is 417. The maximum atomic E-state index is 13.4. The van der Waals surface area contributed by atoms with Gasteiger partial charge >= 0.3 is 0 Å². The second-order valence-corrected chi connectivity index (χ2v) is 3.99. The van der Waals surface area contributed by atoms with Crippen molar-refractivity contribution in [2.24, 2.45) is 10.9 Å². The number of anilines is 1. The third-order valence-electron chi connectivity index (χ3n) is 2.04. The zero-order valence-corrected chi connectivity index (χ0v) is 9.80. The number of rotatable bonds is 4. The Hall–Kier alpha value is -1.56. The molecule has 0 amide bonds. The third kappa shape index (κ3) is 3.74. The van der Waals surface area contributed by atoms with Crippen LogP contribution in [-0.2, 0) is 0 Å². The first-order valence-corrected chi connectivity index (χ1v) is 5.19. The van der Waals surface area contributed by atoms with Crippen molar-refractivity contribution in [3.8, 4) is 0 Å². The molecule has 7 heteroatoms. The first kappa shape index (κ1) is 13.5. The number of hydrogen-bond donors (Lipinski definition) is 3. The predicted octanol–water partition coefficient (Wildman–Crippen LogP) is 2.56. The van der Waals surface area contributed by atoms with Gasteiger partial charge in [0.1, 0.15) is 11.7 Å². The number of hydrogen-bond acceptors (Lipinski definition) is 3. The van der Waals surface area contributed by atoms with Crippen molar-refractivity contribution in [2.45, 2.75) is 19.4 Å². The summed E-state index contributed by atoms with van der Waals surface area (Å²) in [5.41, 5.74) is 5.29. The van der Waals surface area contributed by atoms with E-state index >= 15 is 0 Å². The summed E-state index contributed by atoms with van der Waals surface area (Å²) in [6.07, 6.45) is 0.198. The van der Waals surface area contributed by atoms with Crippen LogP contribution in [0.15, 0.2) is 17.3 Å². The molecule has 0 bridgehead atoms. The Labute approximate surface area is 102 Å². The van der Waals surface area contributed by atoms with E-state index in [1.165, 1.54) is 0 Å². The summed E-state index contributed by atoms with van der Waals surface area (Å²) in [5, 5.41) is 13.8. The summed E-state index contributed by atoms with van der Waals surface area (Å²) in [5.74, 6) is -1.54. The van der Waals surface area contributed by atoms with Gasteiger partial charge in [-0.2, -0.15) is 0 Å². The maximum absolute atomic E-state index is 13.4. The fourth-order valence-electron chi connectivity index (χ4n) is 1.33. The molecule has 4 nitrogen and oxygen atoms in total. The monoisotopic (exact) mass is 263 g/mol. The zero-order chi connectivity index (χ0) is 13.0. The lowest BCUT2D eigenvalue weighted by molar-refractivity contribution is 0.316. The minimum Gasteiger partial charge on any atom is -0.409 e. The van der Waals surface area contributed by atoms with E-state index in [9.17, 15) is 8.78 Å². The highest BCUT2D eigenvalue weighted by Crippen LogP contribution is 2.27. The van der Waals surface area contributed by atoms with Crippen LogP contribution in [0.4, 0.5) is 14.5 Å². The van der Waals surface area contributed by atoms with Gasteiger partial charge in [-0.3, -0.25) is 0 Å². The van der Waals surface area contributed by atoms with Gasteiger partial charge in [-0.25, -0.2) is 8.78 Å². The minimum atomic E-state index is -0.790. The van der Waals surface area contributed by atoms with Crippen LogP contribution in [0.2, 0.25) is 5.02 Å². The quantitative estimate of drug-likeness (QED) is 0.338. The Morgan fingerprint density at radius 2 is 2.24 bits per heavy atom. The molecule has 17 heavy (non-hydrogen) atoms. The molecule has 1 atom stereocenters. The van der Waals surface area contributed by atoms with Crippen molar-refractivity contribution in [1.29, 1.82) is 0 Å². The molecule has 1 aromatic carbocycles. The maximum Gasteiger partial charge on any atom is 0.150 e. The van der Waals surface area contributed by atoms with Gasteiger partial charge in [0.2, 0.25) is 0 Å². The van der Waals surface area contributed by atoms with Gasteiger partial charge in [-0.1, -0.05) is 16.8 Å². The van der Waals surface area contributed by atoms with E-state index in [1.54, 1.807) is 6.92 Å². The molecule has 1 aromatic rings. The topological polar surface area (TPSA) is 70.6 Å². The Morgan fingerprint density at radius 3 is 2.76 bits per heavy atom. The van der Waals surface area contributed by atoms with Crippen LogP contribution in [0.5, 0.6) is 0 Å². The molecule has 0 fully saturated rings. The van der Waals surface area contributed by atoms with Crippen LogP contribution in [0, 0.1) is 11.6 Å². The van der Waals surface area contributed by atoms with Crippen LogP contribution in [0.1, 0.15) is 13.3 Å². The number of oxime groups is 1. The van der Waals surface area contributed by atoms with Crippen molar-refractivity contribution < 1.29 is 14.0 Å². The third-order valence-corrected chi connectivity index (χ3v) is 2.34. The molecule has 0 saturated carbocycles. The molecular weight excluding hydrogens is 252 g/mol. The van der Waals surface area contributed by atoms with Crippen LogP contribution in [0.3, 0.4) is 0 Å². The summed E-state index contributed by atoms with van der Waals surface area (Å²) in [6, 6.07) is 1.41. The number of nitrogens with one attached hydrogen (secondary N) is 1. The summed E-state index contributed by atoms with van der Waals surface area (Å²) in [7, 11) is 0. The van der Waals surface area contributed by atoms with Gasteiger partial charge in [0.05, 0.1) is 10.7 Å². The Balaban J connectivity index is 2.81. The lowest BCUT2D eigenvalue weighted by Gasteiger charge is -2.16. The highest BCUT2D eigenvalue weighted by atomic mass is 35.5. The number of benzene rings is 1. The fraction of sp³-hybridized carbons (Fsp3) is 0.300. The normalized spacial score (nSPS) is 13.5. The van der Waals surface area contributed by atoms with Crippen molar-refractivity contribution in [1.82, 2.24) is 0 Å². The second-order valence-electron chi connectivity index (χ2n) is 3.59. The molecule has 1 rings (SSSR count). The smallest absolute Gasteiger partial charge is 0.150 e. The average Bonchev–Trinajstić information content (AvgIpc) is 2.23. The number of amidine groups is 1. The van der Waals surface area contributed by atoms with Crippen molar-refractivity contribution in [3.63, 3.8) is 0 Å². The standard InChI is InChI=1S/C10H12ClF2N3O/c1-5(2-9(14)16-17)15-10-7(11)3-6(12)4-8(10)13/h3-5,15,17H,2H2,1H3,(H2,14,16). The number of nitrogens with two attached hydrogens (primary N) is 1. The van der Waals surface area contributed by atoms with Gasteiger partial charge in [0.25, 0.3) is 0 Å². The first-order valence-electron chi connectivity index (χ1n) is 4.81. The van der Waals surface area contributed by atoms with Gasteiger partial charge in [0.15, 0.2) is 5.82 Å². The summed E-state index contributed by atoms with van der Waals surface area (Å²) in [4.78, 5) is 0. The van der Waals surface area contributed by atoms with Crippen LogP contribution >= 0.6 is 11.6 Å². The predicted molar refractivity (Wildman–Crippen MR) is 62.5 cm³/mol. The second kappa shape index (κ2) is 5.67. The molecule has 4 N–H and O–H groups in total. The summed E-state index contributed by atoms with van der Waals surface area (Å²) < 4.78 is 26.2. The molecule has 0 aliphatic heterocycles. The molecule has 94 valence electrons. The molecule has 1 unspecified atom stereocenters. The van der Waals surface area contributed by atoms with E-state index in [0.29, 0.717) is 0 Å². The highest BCUT2D eigenvalue weighted by Gasteiger charge is 2.13. The molecule has 0 heterocycles. The number of nitrogens with zero attached hydrogens (tertiary/aromatic N) is 1. The average molecular weight is 264 g/mol. The van der Waals surface area contributed by atoms with Gasteiger partial charge < -0.3 is 16.3 Å². The van der Waals surface area contributed by atoms with E-state index < -0.39 is 11.6 Å². The summed E-state index contributed by atoms with van der Waals surface area (Å²) >= 11 is 5.70. The van der Waals surface area contributed by atoms with Crippen molar-refractivity contribution in [2.75, 3.05) is 5.32 Å². The highest BCUT2D eigenvalue weighted by molar-refractivity contribution is 6.33. The summed E-state index contributed by atoms with van der Waals surface area (Å²) in [6.45, 7) is 1.69.